The SMILES string of the molecule is O=C(NCC1CC1)C1CC(=O)N(c2cn[nH]c2)C1. The minimum atomic E-state index is -0.230. The van der Waals surface area contributed by atoms with Gasteiger partial charge in [-0.25, -0.2) is 0 Å². The maximum absolute atomic E-state index is 11.9. The van der Waals surface area contributed by atoms with E-state index in [2.05, 4.69) is 15.5 Å². The first kappa shape index (κ1) is 11.3. The van der Waals surface area contributed by atoms with Gasteiger partial charge in [-0.3, -0.25) is 14.7 Å². The molecule has 2 heterocycles. The maximum atomic E-state index is 11.9. The maximum Gasteiger partial charge on any atom is 0.227 e. The number of hydrogen-bond acceptors (Lipinski definition) is 3. The number of amides is 2. The van der Waals surface area contributed by atoms with Crippen LogP contribution in [0.3, 0.4) is 0 Å². The molecule has 1 saturated carbocycles. The molecule has 0 aromatic carbocycles. The van der Waals surface area contributed by atoms with E-state index >= 15 is 0 Å². The molecule has 6 heteroatoms. The molecule has 18 heavy (non-hydrogen) atoms. The predicted octanol–water partition coefficient (Wildman–Crippen LogP) is 0.289. The van der Waals surface area contributed by atoms with Crippen molar-refractivity contribution >= 4 is 17.5 Å². The molecule has 2 N–H and O–H groups in total. The number of aromatic nitrogens is 2. The van der Waals surface area contributed by atoms with Crippen LogP contribution in [0.5, 0.6) is 0 Å². The van der Waals surface area contributed by atoms with Crippen molar-refractivity contribution in [2.24, 2.45) is 11.8 Å². The van der Waals surface area contributed by atoms with Gasteiger partial charge in [0.2, 0.25) is 11.8 Å². The third-order valence-corrected chi connectivity index (χ3v) is 3.55. The molecular formula is C12H16N4O2. The Balaban J connectivity index is 1.58. The number of hydrogen-bond donors (Lipinski definition) is 2. The number of aromatic amines is 1. The molecule has 0 spiro atoms. The Labute approximate surface area is 105 Å². The third kappa shape index (κ3) is 2.23. The van der Waals surface area contributed by atoms with Crippen LogP contribution >= 0.6 is 0 Å². The Morgan fingerprint density at radius 3 is 3.06 bits per heavy atom. The van der Waals surface area contributed by atoms with Gasteiger partial charge in [-0.1, -0.05) is 0 Å². The zero-order valence-corrected chi connectivity index (χ0v) is 10.1. The van der Waals surface area contributed by atoms with Crippen molar-refractivity contribution in [1.29, 1.82) is 0 Å². The Morgan fingerprint density at radius 2 is 2.39 bits per heavy atom. The average Bonchev–Trinajstić information content (AvgIpc) is 2.87. The molecule has 2 aliphatic rings. The molecule has 1 saturated heterocycles. The van der Waals surface area contributed by atoms with Crippen molar-refractivity contribution < 1.29 is 9.59 Å². The molecule has 0 radical (unpaired) electrons. The summed E-state index contributed by atoms with van der Waals surface area (Å²) in [6.07, 6.45) is 5.99. The van der Waals surface area contributed by atoms with Crippen LogP contribution < -0.4 is 10.2 Å². The van der Waals surface area contributed by atoms with Crippen molar-refractivity contribution in [2.75, 3.05) is 18.0 Å². The average molecular weight is 248 g/mol. The summed E-state index contributed by atoms with van der Waals surface area (Å²) in [4.78, 5) is 25.4. The fourth-order valence-corrected chi connectivity index (χ4v) is 2.24. The molecule has 1 atom stereocenters. The summed E-state index contributed by atoms with van der Waals surface area (Å²) in [6, 6.07) is 0. The number of carbonyl (C=O) groups excluding carboxylic acids is 2. The zero-order valence-electron chi connectivity index (χ0n) is 10.1. The van der Waals surface area contributed by atoms with Gasteiger partial charge in [0, 0.05) is 25.7 Å². The van der Waals surface area contributed by atoms with Gasteiger partial charge in [-0.15, -0.1) is 0 Å². The number of rotatable bonds is 4. The van der Waals surface area contributed by atoms with E-state index in [4.69, 9.17) is 0 Å². The van der Waals surface area contributed by atoms with Crippen molar-refractivity contribution in [3.05, 3.63) is 12.4 Å². The molecular weight excluding hydrogens is 232 g/mol. The fourth-order valence-electron chi connectivity index (χ4n) is 2.24. The Hall–Kier alpha value is -1.85. The van der Waals surface area contributed by atoms with Gasteiger partial charge in [0.05, 0.1) is 17.8 Å². The van der Waals surface area contributed by atoms with Gasteiger partial charge in [0.15, 0.2) is 0 Å². The molecule has 96 valence electrons. The van der Waals surface area contributed by atoms with Crippen LogP contribution in [0.4, 0.5) is 5.69 Å². The highest BCUT2D eigenvalue weighted by atomic mass is 16.2. The van der Waals surface area contributed by atoms with Gasteiger partial charge < -0.3 is 10.2 Å². The van der Waals surface area contributed by atoms with E-state index in [0.29, 0.717) is 18.9 Å². The van der Waals surface area contributed by atoms with E-state index in [1.807, 2.05) is 0 Å². The summed E-state index contributed by atoms with van der Waals surface area (Å²) in [5.74, 6) is 0.423. The Morgan fingerprint density at radius 1 is 1.56 bits per heavy atom. The van der Waals surface area contributed by atoms with Crippen molar-refractivity contribution in [3.63, 3.8) is 0 Å². The van der Waals surface area contributed by atoms with Gasteiger partial charge in [0.1, 0.15) is 0 Å². The molecule has 2 amide bonds. The lowest BCUT2D eigenvalue weighted by Crippen LogP contribution is -2.34. The lowest BCUT2D eigenvalue weighted by atomic mass is 10.1. The highest BCUT2D eigenvalue weighted by Crippen LogP contribution is 2.28. The first-order valence-electron chi connectivity index (χ1n) is 6.31. The lowest BCUT2D eigenvalue weighted by Gasteiger charge is -2.13. The summed E-state index contributed by atoms with van der Waals surface area (Å²) in [7, 11) is 0. The van der Waals surface area contributed by atoms with Crippen LogP contribution in [0, 0.1) is 11.8 Å². The highest BCUT2D eigenvalue weighted by molar-refractivity contribution is 6.00. The highest BCUT2D eigenvalue weighted by Gasteiger charge is 2.35. The van der Waals surface area contributed by atoms with E-state index in [9.17, 15) is 9.59 Å². The topological polar surface area (TPSA) is 78.1 Å². The quantitative estimate of drug-likeness (QED) is 0.803. The minimum absolute atomic E-state index is 0.00115. The van der Waals surface area contributed by atoms with E-state index in [0.717, 1.165) is 12.2 Å². The fraction of sp³-hybridized carbons (Fsp3) is 0.583. The number of carbonyl (C=O) groups is 2. The second-order valence-electron chi connectivity index (χ2n) is 5.05. The van der Waals surface area contributed by atoms with Gasteiger partial charge in [-0.05, 0) is 18.8 Å². The third-order valence-electron chi connectivity index (χ3n) is 3.55. The monoisotopic (exact) mass is 248 g/mol. The molecule has 1 aliphatic heterocycles. The van der Waals surface area contributed by atoms with E-state index in [-0.39, 0.29) is 17.7 Å². The molecule has 1 aliphatic carbocycles. The summed E-state index contributed by atoms with van der Waals surface area (Å²) in [5.41, 5.74) is 0.734. The first-order chi connectivity index (χ1) is 8.74. The largest absolute Gasteiger partial charge is 0.356 e. The summed E-state index contributed by atoms with van der Waals surface area (Å²) >= 11 is 0. The van der Waals surface area contributed by atoms with Crippen molar-refractivity contribution in [2.45, 2.75) is 19.3 Å². The molecule has 1 aromatic rings. The summed E-state index contributed by atoms with van der Waals surface area (Å²) < 4.78 is 0. The van der Waals surface area contributed by atoms with E-state index in [1.54, 1.807) is 17.3 Å². The van der Waals surface area contributed by atoms with Gasteiger partial charge in [0.25, 0.3) is 0 Å². The Bertz CT molecular complexity index is 453. The van der Waals surface area contributed by atoms with Crippen LogP contribution in [-0.2, 0) is 9.59 Å². The van der Waals surface area contributed by atoms with Crippen LogP contribution in [0.1, 0.15) is 19.3 Å². The molecule has 1 aromatic heterocycles. The summed E-state index contributed by atoms with van der Waals surface area (Å²) in [5, 5.41) is 9.43. The van der Waals surface area contributed by atoms with E-state index < -0.39 is 0 Å². The van der Waals surface area contributed by atoms with Gasteiger partial charge >= 0.3 is 0 Å². The Kier molecular flexibility index (Phi) is 2.77. The number of H-pyrrole nitrogens is 1. The smallest absolute Gasteiger partial charge is 0.227 e. The normalized spacial score (nSPS) is 23.4. The van der Waals surface area contributed by atoms with E-state index in [1.165, 1.54) is 12.8 Å². The number of nitrogens with zero attached hydrogens (tertiary/aromatic N) is 2. The number of anilines is 1. The molecule has 0 bridgehead atoms. The molecule has 6 nitrogen and oxygen atoms in total. The molecule has 1 unspecified atom stereocenters. The van der Waals surface area contributed by atoms with Crippen LogP contribution in [0.15, 0.2) is 12.4 Å². The lowest BCUT2D eigenvalue weighted by molar-refractivity contribution is -0.126. The van der Waals surface area contributed by atoms with Gasteiger partial charge in [-0.2, -0.15) is 5.10 Å². The second-order valence-corrected chi connectivity index (χ2v) is 5.05. The minimum Gasteiger partial charge on any atom is -0.356 e. The molecule has 3 rings (SSSR count). The van der Waals surface area contributed by atoms with Crippen molar-refractivity contribution in [3.8, 4) is 0 Å². The standard InChI is InChI=1S/C12H16N4O2/c17-11-3-9(12(18)13-4-8-1-2-8)7-16(11)10-5-14-15-6-10/h5-6,8-9H,1-4,7H2,(H,13,18)(H,14,15). The summed E-state index contributed by atoms with van der Waals surface area (Å²) in [6.45, 7) is 1.21. The number of nitrogens with one attached hydrogen (secondary N) is 2. The van der Waals surface area contributed by atoms with Crippen LogP contribution in [-0.4, -0.2) is 35.1 Å². The van der Waals surface area contributed by atoms with Crippen LogP contribution in [0.25, 0.3) is 0 Å². The first-order valence-corrected chi connectivity index (χ1v) is 6.31. The predicted molar refractivity (Wildman–Crippen MR) is 64.8 cm³/mol. The zero-order chi connectivity index (χ0) is 12.5. The second kappa shape index (κ2) is 4.44. The molecule has 2 fully saturated rings. The van der Waals surface area contributed by atoms with Crippen molar-refractivity contribution in [1.82, 2.24) is 15.5 Å². The van der Waals surface area contributed by atoms with Crippen LogP contribution in [0.2, 0.25) is 0 Å².